The van der Waals surface area contributed by atoms with Crippen molar-refractivity contribution in [2.45, 2.75) is 52.2 Å². The lowest BCUT2D eigenvalue weighted by Gasteiger charge is -2.16. The van der Waals surface area contributed by atoms with Crippen LogP contribution in [0.4, 0.5) is 0 Å². The topological polar surface area (TPSA) is 38.0 Å². The van der Waals surface area contributed by atoms with Crippen LogP contribution in [0.1, 0.15) is 55.7 Å². The molecule has 5 heteroatoms. The van der Waals surface area contributed by atoms with Crippen LogP contribution in [0.25, 0.3) is 0 Å². The zero-order valence-electron chi connectivity index (χ0n) is 12.4. The summed E-state index contributed by atoms with van der Waals surface area (Å²) in [5.74, 6) is 0. The van der Waals surface area contributed by atoms with Gasteiger partial charge in [0.25, 0.3) is 0 Å². The Balaban J connectivity index is 2.34. The summed E-state index contributed by atoms with van der Waals surface area (Å²) < 4.78 is 1.80. The molecule has 0 fully saturated rings. The summed E-state index contributed by atoms with van der Waals surface area (Å²) in [5, 5.41) is 15.4. The molecule has 2 aromatic heterocycles. The average Bonchev–Trinajstić information content (AvgIpc) is 2.96. The van der Waals surface area contributed by atoms with E-state index in [1.165, 1.54) is 4.88 Å². The number of rotatable bonds is 4. The highest BCUT2D eigenvalue weighted by Crippen LogP contribution is 2.36. The minimum Gasteiger partial charge on any atom is -0.381 e. The number of aliphatic hydroxyl groups is 1. The van der Waals surface area contributed by atoms with Crippen molar-refractivity contribution in [3.63, 3.8) is 0 Å². The van der Waals surface area contributed by atoms with E-state index in [0.29, 0.717) is 10.7 Å². The van der Waals surface area contributed by atoms with E-state index >= 15 is 0 Å². The van der Waals surface area contributed by atoms with Crippen LogP contribution in [-0.2, 0) is 12.0 Å². The predicted octanol–water partition coefficient (Wildman–Crippen LogP) is 4.39. The van der Waals surface area contributed by atoms with Gasteiger partial charge in [0.2, 0.25) is 0 Å². The first-order chi connectivity index (χ1) is 9.34. The van der Waals surface area contributed by atoms with Crippen molar-refractivity contribution in [3.05, 3.63) is 38.8 Å². The molecule has 2 rings (SSSR count). The number of hydrogen-bond acceptors (Lipinski definition) is 3. The smallest absolute Gasteiger partial charge is 0.131 e. The molecule has 0 aliphatic rings. The molecule has 2 heterocycles. The predicted molar refractivity (Wildman–Crippen MR) is 84.6 cm³/mol. The Labute approximate surface area is 129 Å². The van der Waals surface area contributed by atoms with Crippen LogP contribution >= 0.6 is 22.9 Å². The van der Waals surface area contributed by atoms with Crippen molar-refractivity contribution in [1.29, 1.82) is 0 Å². The van der Waals surface area contributed by atoms with Crippen LogP contribution in [0.15, 0.2) is 18.3 Å². The van der Waals surface area contributed by atoms with Gasteiger partial charge in [0.05, 0.1) is 16.9 Å². The lowest BCUT2D eigenvalue weighted by molar-refractivity contribution is 0.211. The van der Waals surface area contributed by atoms with E-state index in [0.717, 1.165) is 17.8 Å². The minimum atomic E-state index is -0.711. The minimum absolute atomic E-state index is 0.0933. The van der Waals surface area contributed by atoms with Crippen LogP contribution < -0.4 is 0 Å². The van der Waals surface area contributed by atoms with Gasteiger partial charge in [-0.2, -0.15) is 5.10 Å². The van der Waals surface area contributed by atoms with E-state index in [1.54, 1.807) is 22.2 Å². The molecule has 0 spiro atoms. The lowest BCUT2D eigenvalue weighted by Crippen LogP contribution is -2.10. The SMILES string of the molecule is CCCn1ncc(Cl)c1C(O)c1ccc(C(C)(C)C)s1. The van der Waals surface area contributed by atoms with Gasteiger partial charge in [-0.3, -0.25) is 4.68 Å². The number of halogens is 1. The number of aryl methyl sites for hydroxylation is 1. The molecule has 0 saturated heterocycles. The maximum Gasteiger partial charge on any atom is 0.131 e. The van der Waals surface area contributed by atoms with Crippen molar-refractivity contribution >= 4 is 22.9 Å². The fourth-order valence-corrected chi connectivity index (χ4v) is 3.37. The molecule has 0 aromatic carbocycles. The maximum atomic E-state index is 10.6. The lowest BCUT2D eigenvalue weighted by atomic mass is 9.95. The molecule has 1 unspecified atom stereocenters. The Morgan fingerprint density at radius 3 is 2.65 bits per heavy atom. The van der Waals surface area contributed by atoms with Gasteiger partial charge in [0.15, 0.2) is 0 Å². The summed E-state index contributed by atoms with van der Waals surface area (Å²) in [6.07, 6.45) is 1.85. The second-order valence-electron chi connectivity index (χ2n) is 5.96. The van der Waals surface area contributed by atoms with Crippen LogP contribution in [0.5, 0.6) is 0 Å². The molecule has 0 amide bonds. The first kappa shape index (κ1) is 15.5. The van der Waals surface area contributed by atoms with Crippen molar-refractivity contribution in [1.82, 2.24) is 9.78 Å². The van der Waals surface area contributed by atoms with Gasteiger partial charge in [-0.25, -0.2) is 0 Å². The highest BCUT2D eigenvalue weighted by molar-refractivity contribution is 7.12. The molecular formula is C15H21ClN2OS. The normalized spacial score (nSPS) is 13.7. The highest BCUT2D eigenvalue weighted by Gasteiger charge is 2.23. The second kappa shape index (κ2) is 5.88. The number of nitrogens with zero attached hydrogens (tertiary/aromatic N) is 2. The summed E-state index contributed by atoms with van der Waals surface area (Å²) in [6.45, 7) is 9.35. The third kappa shape index (κ3) is 3.08. The number of aromatic nitrogens is 2. The van der Waals surface area contributed by atoms with Crippen molar-refractivity contribution in [3.8, 4) is 0 Å². The molecule has 1 N–H and O–H groups in total. The van der Waals surface area contributed by atoms with Gasteiger partial charge < -0.3 is 5.11 Å². The van der Waals surface area contributed by atoms with E-state index in [-0.39, 0.29) is 5.41 Å². The number of hydrogen-bond donors (Lipinski definition) is 1. The molecule has 0 aliphatic carbocycles. The third-order valence-electron chi connectivity index (χ3n) is 3.16. The van der Waals surface area contributed by atoms with Crippen LogP contribution in [0.3, 0.4) is 0 Å². The van der Waals surface area contributed by atoms with Gasteiger partial charge in [0.1, 0.15) is 6.10 Å². The molecule has 3 nitrogen and oxygen atoms in total. The van der Waals surface area contributed by atoms with E-state index in [4.69, 9.17) is 11.6 Å². The van der Waals surface area contributed by atoms with Crippen molar-refractivity contribution < 1.29 is 5.11 Å². The van der Waals surface area contributed by atoms with E-state index in [2.05, 4.69) is 38.9 Å². The van der Waals surface area contributed by atoms with Gasteiger partial charge in [-0.15, -0.1) is 11.3 Å². The molecule has 20 heavy (non-hydrogen) atoms. The second-order valence-corrected chi connectivity index (χ2v) is 7.48. The van der Waals surface area contributed by atoms with Crippen molar-refractivity contribution in [2.75, 3.05) is 0 Å². The Kier molecular flexibility index (Phi) is 4.57. The number of aliphatic hydroxyl groups excluding tert-OH is 1. The molecule has 0 saturated carbocycles. The zero-order chi connectivity index (χ0) is 14.9. The van der Waals surface area contributed by atoms with E-state index in [1.807, 2.05) is 6.07 Å². The quantitative estimate of drug-likeness (QED) is 0.909. The molecule has 1 atom stereocenters. The fraction of sp³-hybridized carbons (Fsp3) is 0.533. The average molecular weight is 313 g/mol. The summed E-state index contributed by atoms with van der Waals surface area (Å²) in [7, 11) is 0. The summed E-state index contributed by atoms with van der Waals surface area (Å²) in [6, 6.07) is 4.06. The first-order valence-corrected chi connectivity index (χ1v) is 8.03. The monoisotopic (exact) mass is 312 g/mol. The fourth-order valence-electron chi connectivity index (χ4n) is 2.07. The summed E-state index contributed by atoms with van der Waals surface area (Å²) in [4.78, 5) is 2.17. The summed E-state index contributed by atoms with van der Waals surface area (Å²) in [5.41, 5.74) is 0.784. The Bertz CT molecular complexity index is 583. The Hall–Kier alpha value is -0.840. The Morgan fingerprint density at radius 2 is 2.10 bits per heavy atom. The van der Waals surface area contributed by atoms with Gasteiger partial charge in [0, 0.05) is 16.3 Å². The molecule has 0 radical (unpaired) electrons. The molecule has 110 valence electrons. The Morgan fingerprint density at radius 1 is 1.40 bits per heavy atom. The highest BCUT2D eigenvalue weighted by atomic mass is 35.5. The number of thiophene rings is 1. The van der Waals surface area contributed by atoms with Crippen molar-refractivity contribution in [2.24, 2.45) is 0 Å². The van der Waals surface area contributed by atoms with Gasteiger partial charge in [-0.1, -0.05) is 39.3 Å². The molecule has 0 bridgehead atoms. The van der Waals surface area contributed by atoms with E-state index < -0.39 is 6.10 Å². The zero-order valence-corrected chi connectivity index (χ0v) is 13.9. The third-order valence-corrected chi connectivity index (χ3v) is 5.02. The van der Waals surface area contributed by atoms with E-state index in [9.17, 15) is 5.11 Å². The first-order valence-electron chi connectivity index (χ1n) is 6.84. The van der Waals surface area contributed by atoms with Crippen LogP contribution in [0, 0.1) is 0 Å². The molecule has 0 aliphatic heterocycles. The van der Waals surface area contributed by atoms with Crippen LogP contribution in [0.2, 0.25) is 5.02 Å². The largest absolute Gasteiger partial charge is 0.381 e. The maximum absolute atomic E-state index is 10.6. The molecular weight excluding hydrogens is 292 g/mol. The molecule has 2 aromatic rings. The van der Waals surface area contributed by atoms with Gasteiger partial charge in [-0.05, 0) is 24.0 Å². The van der Waals surface area contributed by atoms with Crippen LogP contribution in [-0.4, -0.2) is 14.9 Å². The van der Waals surface area contributed by atoms with Gasteiger partial charge >= 0.3 is 0 Å². The summed E-state index contributed by atoms with van der Waals surface area (Å²) >= 11 is 7.82. The standard InChI is InChI=1S/C15H21ClN2OS/c1-5-8-18-13(10(16)9-17-18)14(19)11-6-7-12(20-11)15(2,3)4/h6-7,9,14,19H,5,8H2,1-4H3.